The fourth-order valence-electron chi connectivity index (χ4n) is 2.28. The lowest BCUT2D eigenvalue weighted by molar-refractivity contribution is -0.114. The van der Waals surface area contributed by atoms with Crippen molar-refractivity contribution in [3.8, 4) is 11.5 Å². The molecule has 140 valence electrons. The highest BCUT2D eigenvalue weighted by Crippen LogP contribution is 2.30. The van der Waals surface area contributed by atoms with Crippen molar-refractivity contribution in [3.63, 3.8) is 0 Å². The third-order valence-corrected chi connectivity index (χ3v) is 4.92. The highest BCUT2D eigenvalue weighted by atomic mass is 35.5. The quantitative estimate of drug-likeness (QED) is 0.775. The Morgan fingerprint density at radius 2 is 1.77 bits per heavy atom. The van der Waals surface area contributed by atoms with E-state index in [2.05, 4.69) is 5.32 Å². The van der Waals surface area contributed by atoms with Crippen molar-refractivity contribution in [1.29, 1.82) is 0 Å². The van der Waals surface area contributed by atoms with Crippen LogP contribution in [0.2, 0.25) is 5.02 Å². The molecule has 9 heteroatoms. The van der Waals surface area contributed by atoms with Crippen LogP contribution in [0.4, 0.5) is 11.4 Å². The predicted octanol–water partition coefficient (Wildman–Crippen LogP) is 2.76. The monoisotopic (exact) mass is 398 g/mol. The first kappa shape index (κ1) is 19.9. The second-order valence-electron chi connectivity index (χ2n) is 5.34. The summed E-state index contributed by atoms with van der Waals surface area (Å²) in [5.41, 5.74) is 0.680. The van der Waals surface area contributed by atoms with E-state index in [1.165, 1.54) is 20.3 Å². The van der Waals surface area contributed by atoms with Crippen molar-refractivity contribution in [3.05, 3.63) is 47.5 Å². The first-order valence-electron chi connectivity index (χ1n) is 7.50. The third-order valence-electron chi connectivity index (χ3n) is 3.48. The van der Waals surface area contributed by atoms with E-state index in [-0.39, 0.29) is 10.7 Å². The largest absolute Gasteiger partial charge is 0.493 e. The van der Waals surface area contributed by atoms with Gasteiger partial charge < -0.3 is 14.8 Å². The molecule has 2 aromatic rings. The number of rotatable bonds is 7. The number of ether oxygens (including phenoxy) is 2. The molecule has 0 heterocycles. The number of hydrogen-bond donors (Lipinski definition) is 1. The van der Waals surface area contributed by atoms with Crippen LogP contribution in [0, 0.1) is 0 Å². The van der Waals surface area contributed by atoms with E-state index < -0.39 is 22.5 Å². The van der Waals surface area contributed by atoms with Crippen molar-refractivity contribution in [2.75, 3.05) is 36.6 Å². The van der Waals surface area contributed by atoms with Crippen LogP contribution in [0.5, 0.6) is 11.5 Å². The summed E-state index contributed by atoms with van der Waals surface area (Å²) in [7, 11) is -0.726. The van der Waals surface area contributed by atoms with Crippen LogP contribution < -0.4 is 19.1 Å². The molecule has 0 saturated heterocycles. The van der Waals surface area contributed by atoms with Crippen LogP contribution in [0.3, 0.4) is 0 Å². The molecule has 0 aromatic heterocycles. The number of benzene rings is 2. The fourth-order valence-corrected chi connectivity index (χ4v) is 3.44. The highest BCUT2D eigenvalue weighted by Gasteiger charge is 2.23. The Morgan fingerprint density at radius 3 is 2.35 bits per heavy atom. The lowest BCUT2D eigenvalue weighted by Gasteiger charge is -2.23. The lowest BCUT2D eigenvalue weighted by Crippen LogP contribution is -2.37. The minimum Gasteiger partial charge on any atom is -0.493 e. The van der Waals surface area contributed by atoms with Crippen molar-refractivity contribution >= 4 is 38.9 Å². The normalized spacial score (nSPS) is 10.9. The van der Waals surface area contributed by atoms with Crippen LogP contribution in [0.1, 0.15) is 0 Å². The molecule has 7 nitrogen and oxygen atoms in total. The smallest absolute Gasteiger partial charge is 0.245 e. The molecule has 0 fully saturated rings. The van der Waals surface area contributed by atoms with Gasteiger partial charge in [0.05, 0.1) is 31.2 Å². The molecule has 0 atom stereocenters. The number of carbonyl (C=O) groups is 1. The van der Waals surface area contributed by atoms with Crippen molar-refractivity contribution in [2.24, 2.45) is 0 Å². The Morgan fingerprint density at radius 1 is 1.12 bits per heavy atom. The Labute approximate surface area is 157 Å². The molecule has 0 aliphatic carbocycles. The van der Waals surface area contributed by atoms with E-state index in [0.717, 1.165) is 10.6 Å². The van der Waals surface area contributed by atoms with Crippen molar-refractivity contribution in [1.82, 2.24) is 0 Å². The fraction of sp³-hybridized carbons (Fsp3) is 0.235. The number of nitrogens with one attached hydrogen (secondary N) is 1. The third kappa shape index (κ3) is 4.80. The summed E-state index contributed by atoms with van der Waals surface area (Å²) in [4.78, 5) is 12.4. The predicted molar refractivity (Wildman–Crippen MR) is 102 cm³/mol. The van der Waals surface area contributed by atoms with Gasteiger partial charge in [-0.25, -0.2) is 8.42 Å². The highest BCUT2D eigenvalue weighted by molar-refractivity contribution is 7.92. The number of para-hydroxylation sites is 1. The van der Waals surface area contributed by atoms with E-state index >= 15 is 0 Å². The van der Waals surface area contributed by atoms with Crippen LogP contribution in [0.25, 0.3) is 0 Å². The summed E-state index contributed by atoms with van der Waals surface area (Å²) < 4.78 is 35.5. The van der Waals surface area contributed by atoms with Gasteiger partial charge in [-0.3, -0.25) is 9.10 Å². The number of sulfonamides is 1. The number of methoxy groups -OCH3 is 2. The molecular weight excluding hydrogens is 380 g/mol. The summed E-state index contributed by atoms with van der Waals surface area (Å²) in [5, 5.41) is 2.87. The van der Waals surface area contributed by atoms with E-state index in [1.54, 1.807) is 36.4 Å². The molecule has 26 heavy (non-hydrogen) atoms. The molecule has 2 aromatic carbocycles. The molecule has 0 spiro atoms. The molecule has 0 radical (unpaired) electrons. The maximum absolute atomic E-state index is 12.4. The van der Waals surface area contributed by atoms with Crippen LogP contribution in [-0.2, 0) is 14.8 Å². The van der Waals surface area contributed by atoms with E-state index in [1.807, 2.05) is 0 Å². The molecule has 0 bridgehead atoms. The number of hydrogen-bond acceptors (Lipinski definition) is 5. The average Bonchev–Trinajstić information content (AvgIpc) is 2.59. The van der Waals surface area contributed by atoms with Gasteiger partial charge in [0.25, 0.3) is 0 Å². The maximum Gasteiger partial charge on any atom is 0.245 e. The molecule has 1 N–H and O–H groups in total. The molecule has 0 aliphatic rings. The summed E-state index contributed by atoms with van der Waals surface area (Å²) >= 11 is 6.07. The second-order valence-corrected chi connectivity index (χ2v) is 7.65. The summed E-state index contributed by atoms with van der Waals surface area (Å²) in [5.74, 6) is 0.429. The van der Waals surface area contributed by atoms with E-state index in [9.17, 15) is 13.2 Å². The Kier molecular flexibility index (Phi) is 6.33. The van der Waals surface area contributed by atoms with Gasteiger partial charge >= 0.3 is 0 Å². The minimum atomic E-state index is -3.71. The topological polar surface area (TPSA) is 84.9 Å². The molecule has 2 rings (SSSR count). The number of amides is 1. The van der Waals surface area contributed by atoms with Gasteiger partial charge in [-0.05, 0) is 24.3 Å². The summed E-state index contributed by atoms with van der Waals surface area (Å²) in [6.07, 6.45) is 1.01. The molecular formula is C17H19ClN2O5S. The zero-order valence-electron chi connectivity index (χ0n) is 14.5. The zero-order chi connectivity index (χ0) is 19.3. The van der Waals surface area contributed by atoms with Gasteiger partial charge in [0.15, 0.2) is 11.5 Å². The van der Waals surface area contributed by atoms with Gasteiger partial charge in [0, 0.05) is 11.8 Å². The minimum absolute atomic E-state index is 0.233. The molecule has 1 amide bonds. The molecule has 0 unspecified atom stereocenters. The van der Waals surface area contributed by atoms with Gasteiger partial charge in [-0.15, -0.1) is 0 Å². The van der Waals surface area contributed by atoms with Crippen LogP contribution >= 0.6 is 11.6 Å². The molecule has 0 saturated carbocycles. The number of carbonyl (C=O) groups excluding carboxylic acids is 1. The Balaban J connectivity index is 2.22. The van der Waals surface area contributed by atoms with Gasteiger partial charge in [-0.2, -0.15) is 0 Å². The first-order valence-corrected chi connectivity index (χ1v) is 9.73. The number of nitrogens with zero attached hydrogens (tertiary/aromatic N) is 1. The second kappa shape index (κ2) is 8.29. The van der Waals surface area contributed by atoms with Crippen molar-refractivity contribution in [2.45, 2.75) is 0 Å². The first-order chi connectivity index (χ1) is 12.3. The Hall–Kier alpha value is -2.45. The average molecular weight is 399 g/mol. The summed E-state index contributed by atoms with van der Waals surface area (Å²) in [6.45, 7) is -0.420. The van der Waals surface area contributed by atoms with Crippen molar-refractivity contribution < 1.29 is 22.7 Å². The van der Waals surface area contributed by atoms with Crippen LogP contribution in [0.15, 0.2) is 42.5 Å². The summed E-state index contributed by atoms with van der Waals surface area (Å²) in [6, 6.07) is 11.3. The number of halogens is 1. The lowest BCUT2D eigenvalue weighted by atomic mass is 10.2. The van der Waals surface area contributed by atoms with Crippen LogP contribution in [-0.4, -0.2) is 41.3 Å². The molecule has 0 aliphatic heterocycles. The van der Waals surface area contributed by atoms with E-state index in [0.29, 0.717) is 17.2 Å². The van der Waals surface area contributed by atoms with Gasteiger partial charge in [0.2, 0.25) is 15.9 Å². The van der Waals surface area contributed by atoms with Gasteiger partial charge in [0.1, 0.15) is 6.54 Å². The zero-order valence-corrected chi connectivity index (χ0v) is 16.1. The SMILES string of the molecule is COc1ccc(NC(=O)CN(c2ccccc2Cl)S(C)(=O)=O)cc1OC. The van der Waals surface area contributed by atoms with Gasteiger partial charge in [-0.1, -0.05) is 23.7 Å². The standard InChI is InChI=1S/C17H19ClN2O5S/c1-24-15-9-8-12(10-16(15)25-2)19-17(21)11-20(26(3,22)23)14-7-5-4-6-13(14)18/h4-10H,11H2,1-3H3,(H,19,21). The number of anilines is 2. The van der Waals surface area contributed by atoms with E-state index in [4.69, 9.17) is 21.1 Å². The Bertz CT molecular complexity index is 902. The maximum atomic E-state index is 12.4.